The molecule has 0 saturated heterocycles. The summed E-state index contributed by atoms with van der Waals surface area (Å²) in [4.78, 5) is 38.1. The van der Waals surface area contributed by atoms with Gasteiger partial charge in [0, 0.05) is 19.3 Å². The summed E-state index contributed by atoms with van der Waals surface area (Å²) in [6.45, 7) is 6.65. The molecule has 0 amide bonds. The normalized spacial score (nSPS) is 12.2. The van der Waals surface area contributed by atoms with Gasteiger partial charge >= 0.3 is 17.9 Å². The monoisotopic (exact) mass is 927 g/mol. The maximum atomic E-state index is 12.8. The van der Waals surface area contributed by atoms with Crippen LogP contribution in [0.25, 0.3) is 0 Å². The molecule has 0 bridgehead atoms. The molecule has 0 aliphatic carbocycles. The third-order valence-electron chi connectivity index (χ3n) is 12.9. The van der Waals surface area contributed by atoms with Gasteiger partial charge < -0.3 is 14.2 Å². The average molecular weight is 928 g/mol. The fraction of sp³-hybridized carbons (Fsp3) is 0.850. The number of carbonyl (C=O) groups is 3. The van der Waals surface area contributed by atoms with Crippen molar-refractivity contribution < 1.29 is 28.6 Å². The van der Waals surface area contributed by atoms with Gasteiger partial charge in [-0.3, -0.25) is 14.4 Å². The Hall–Kier alpha value is -2.37. The van der Waals surface area contributed by atoms with Crippen LogP contribution in [-0.4, -0.2) is 37.2 Å². The van der Waals surface area contributed by atoms with Crippen LogP contribution < -0.4 is 0 Å². The molecule has 0 aliphatic rings. The zero-order valence-electron chi connectivity index (χ0n) is 44.2. The minimum atomic E-state index is -0.777. The Morgan fingerprint density at radius 3 is 0.864 bits per heavy atom. The largest absolute Gasteiger partial charge is 0.462 e. The van der Waals surface area contributed by atoms with Crippen LogP contribution in [0.2, 0.25) is 0 Å². The topological polar surface area (TPSA) is 78.9 Å². The molecule has 6 heteroatoms. The summed E-state index contributed by atoms with van der Waals surface area (Å²) in [7, 11) is 0. The van der Waals surface area contributed by atoms with Gasteiger partial charge in [-0.15, -0.1) is 0 Å². The first-order valence-corrected chi connectivity index (χ1v) is 29.0. The van der Waals surface area contributed by atoms with Crippen LogP contribution in [-0.2, 0) is 28.6 Å². The Morgan fingerprint density at radius 1 is 0.303 bits per heavy atom. The van der Waals surface area contributed by atoms with E-state index in [0.717, 1.165) is 77.0 Å². The lowest BCUT2D eigenvalue weighted by atomic mass is 10.0. The first-order chi connectivity index (χ1) is 32.5. The summed E-state index contributed by atoms with van der Waals surface area (Å²) < 4.78 is 16.9. The molecule has 0 fully saturated rings. The molecule has 6 nitrogen and oxygen atoms in total. The van der Waals surface area contributed by atoms with Gasteiger partial charge in [-0.25, -0.2) is 0 Å². The van der Waals surface area contributed by atoms with Gasteiger partial charge in [0.15, 0.2) is 6.10 Å². The summed E-state index contributed by atoms with van der Waals surface area (Å²) in [5.74, 6) is -0.874. The van der Waals surface area contributed by atoms with E-state index in [1.165, 1.54) is 193 Å². The van der Waals surface area contributed by atoms with Crippen molar-refractivity contribution in [3.8, 4) is 0 Å². The molecule has 0 spiro atoms. The van der Waals surface area contributed by atoms with E-state index in [0.29, 0.717) is 19.3 Å². The van der Waals surface area contributed by atoms with Crippen molar-refractivity contribution in [1.29, 1.82) is 0 Å². The summed E-state index contributed by atoms with van der Waals surface area (Å²) in [5.41, 5.74) is 0. The second-order valence-corrected chi connectivity index (χ2v) is 19.6. The number of ether oxygens (including phenoxy) is 3. The summed E-state index contributed by atoms with van der Waals surface area (Å²) >= 11 is 0. The highest BCUT2D eigenvalue weighted by Crippen LogP contribution is 2.16. The van der Waals surface area contributed by atoms with Crippen LogP contribution in [0.15, 0.2) is 36.5 Å². The highest BCUT2D eigenvalue weighted by molar-refractivity contribution is 5.71. The van der Waals surface area contributed by atoms with Crippen LogP contribution in [0.5, 0.6) is 0 Å². The number of esters is 3. The van der Waals surface area contributed by atoms with Gasteiger partial charge in [0.2, 0.25) is 0 Å². The van der Waals surface area contributed by atoms with E-state index in [9.17, 15) is 14.4 Å². The first kappa shape index (κ1) is 63.6. The fourth-order valence-electron chi connectivity index (χ4n) is 8.47. The van der Waals surface area contributed by atoms with E-state index in [1.54, 1.807) is 0 Å². The molecule has 1 atom stereocenters. The van der Waals surface area contributed by atoms with Crippen LogP contribution in [0, 0.1) is 0 Å². The molecule has 0 aromatic heterocycles. The SMILES string of the molecule is CCCCCC/C=C\C/C=C\CCCCCCCCCC(=O)OCC(COC(=O)CCCCCCCCCCCCCCCC)OC(=O)CCCCCCC/C=C\CCCCCCCCC. The highest BCUT2D eigenvalue weighted by Gasteiger charge is 2.19. The van der Waals surface area contributed by atoms with Crippen molar-refractivity contribution in [3.63, 3.8) is 0 Å². The van der Waals surface area contributed by atoms with Crippen molar-refractivity contribution in [2.75, 3.05) is 13.2 Å². The van der Waals surface area contributed by atoms with E-state index in [2.05, 4.69) is 57.2 Å². The Bertz CT molecular complexity index is 1110. The molecular weight excluding hydrogens is 817 g/mol. The number of rotatable bonds is 53. The predicted molar refractivity (Wildman–Crippen MR) is 284 cm³/mol. The second kappa shape index (κ2) is 55.2. The molecule has 0 saturated carbocycles. The number of hydrogen-bond donors (Lipinski definition) is 0. The van der Waals surface area contributed by atoms with Crippen molar-refractivity contribution in [1.82, 2.24) is 0 Å². The molecule has 0 rings (SSSR count). The maximum absolute atomic E-state index is 12.8. The van der Waals surface area contributed by atoms with Crippen molar-refractivity contribution in [2.45, 2.75) is 316 Å². The number of allylic oxidation sites excluding steroid dienone is 6. The fourth-order valence-corrected chi connectivity index (χ4v) is 8.47. The number of unbranched alkanes of at least 4 members (excludes halogenated alkanes) is 36. The van der Waals surface area contributed by atoms with Crippen molar-refractivity contribution in [3.05, 3.63) is 36.5 Å². The van der Waals surface area contributed by atoms with E-state index in [1.807, 2.05) is 0 Å². The van der Waals surface area contributed by atoms with E-state index in [-0.39, 0.29) is 31.1 Å². The third-order valence-corrected chi connectivity index (χ3v) is 12.9. The maximum Gasteiger partial charge on any atom is 0.306 e. The van der Waals surface area contributed by atoms with Gasteiger partial charge in [0.25, 0.3) is 0 Å². The smallest absolute Gasteiger partial charge is 0.306 e. The second-order valence-electron chi connectivity index (χ2n) is 19.6. The van der Waals surface area contributed by atoms with E-state index in [4.69, 9.17) is 14.2 Å². The lowest BCUT2D eigenvalue weighted by Gasteiger charge is -2.18. The average Bonchev–Trinajstić information content (AvgIpc) is 3.31. The first-order valence-electron chi connectivity index (χ1n) is 29.0. The zero-order valence-corrected chi connectivity index (χ0v) is 44.2. The Balaban J connectivity index is 4.36. The predicted octanol–water partition coefficient (Wildman–Crippen LogP) is 19.3. The van der Waals surface area contributed by atoms with Crippen molar-refractivity contribution >= 4 is 17.9 Å². The Morgan fingerprint density at radius 2 is 0.545 bits per heavy atom. The molecule has 0 aromatic rings. The van der Waals surface area contributed by atoms with Crippen LogP contribution in [0.4, 0.5) is 0 Å². The minimum absolute atomic E-state index is 0.0744. The van der Waals surface area contributed by atoms with Gasteiger partial charge in [-0.05, 0) is 77.0 Å². The van der Waals surface area contributed by atoms with Crippen LogP contribution in [0.1, 0.15) is 310 Å². The molecular formula is C60H110O6. The number of carbonyl (C=O) groups excluding carboxylic acids is 3. The Labute approximate surface area is 410 Å². The standard InChI is InChI=1S/C60H110O6/c1-4-7-10-13-16-19-22-25-28-30-31-33-35-38-41-44-47-50-53-59(62)65-56-57(55-64-58(61)52-49-46-43-40-37-34-27-24-21-18-15-12-9-6-3)66-60(63)54-51-48-45-42-39-36-32-29-26-23-20-17-14-11-8-5-2/h19,22,28-30,32,57H,4-18,20-21,23-27,31,33-56H2,1-3H3/b22-19-,30-28-,32-29-. The quantitative estimate of drug-likeness (QED) is 0.0262. The molecule has 0 N–H and O–H groups in total. The Kier molecular flexibility index (Phi) is 53.2. The van der Waals surface area contributed by atoms with E-state index < -0.39 is 6.10 Å². The zero-order chi connectivity index (χ0) is 47.9. The van der Waals surface area contributed by atoms with Gasteiger partial charge in [-0.2, -0.15) is 0 Å². The highest BCUT2D eigenvalue weighted by atomic mass is 16.6. The summed E-state index contributed by atoms with van der Waals surface area (Å²) in [6, 6.07) is 0. The third kappa shape index (κ3) is 52.6. The van der Waals surface area contributed by atoms with E-state index >= 15 is 0 Å². The summed E-state index contributed by atoms with van der Waals surface area (Å²) in [5, 5.41) is 0. The van der Waals surface area contributed by atoms with Crippen LogP contribution >= 0.6 is 0 Å². The summed E-state index contributed by atoms with van der Waals surface area (Å²) in [6.07, 6.45) is 65.6. The molecule has 1 unspecified atom stereocenters. The van der Waals surface area contributed by atoms with Gasteiger partial charge in [0.1, 0.15) is 13.2 Å². The molecule has 0 aromatic carbocycles. The lowest BCUT2D eigenvalue weighted by molar-refractivity contribution is -0.167. The van der Waals surface area contributed by atoms with Gasteiger partial charge in [0.05, 0.1) is 0 Å². The number of hydrogen-bond acceptors (Lipinski definition) is 6. The molecule has 0 radical (unpaired) electrons. The lowest BCUT2D eigenvalue weighted by Crippen LogP contribution is -2.30. The molecule has 0 heterocycles. The molecule has 386 valence electrons. The molecule has 0 aliphatic heterocycles. The van der Waals surface area contributed by atoms with Crippen molar-refractivity contribution in [2.24, 2.45) is 0 Å². The van der Waals surface area contributed by atoms with Crippen LogP contribution in [0.3, 0.4) is 0 Å². The van der Waals surface area contributed by atoms with Gasteiger partial charge in [-0.1, -0.05) is 250 Å². The minimum Gasteiger partial charge on any atom is -0.462 e. The molecule has 66 heavy (non-hydrogen) atoms.